The largest absolute Gasteiger partial charge is 0.484 e. The molecule has 0 saturated carbocycles. The van der Waals surface area contributed by atoms with Gasteiger partial charge >= 0.3 is 6.18 Å². The molecule has 0 aliphatic carbocycles. The molecule has 1 amide bonds. The third-order valence-electron chi connectivity index (χ3n) is 4.78. The molecule has 0 aromatic heterocycles. The Labute approximate surface area is 176 Å². The lowest BCUT2D eigenvalue weighted by Gasteiger charge is -2.18. The molecule has 1 aliphatic heterocycles. The van der Waals surface area contributed by atoms with Crippen molar-refractivity contribution in [3.63, 3.8) is 0 Å². The number of sulfonamides is 1. The molecule has 3 aromatic rings. The molecule has 0 unspecified atom stereocenters. The Morgan fingerprint density at radius 1 is 1.00 bits per heavy atom. The number of hydrogen-bond donors (Lipinski definition) is 1. The van der Waals surface area contributed by atoms with Crippen molar-refractivity contribution in [2.75, 3.05) is 17.5 Å². The van der Waals surface area contributed by atoms with Crippen LogP contribution < -0.4 is 14.4 Å². The van der Waals surface area contributed by atoms with Crippen molar-refractivity contribution in [1.29, 1.82) is 0 Å². The van der Waals surface area contributed by atoms with Crippen molar-refractivity contribution in [3.8, 4) is 5.75 Å². The Hall–Kier alpha value is -3.27. The fourth-order valence-electron chi connectivity index (χ4n) is 3.38. The lowest BCUT2D eigenvalue weighted by molar-refractivity contribution is -0.153. The highest BCUT2D eigenvalue weighted by Crippen LogP contribution is 2.41. The molecule has 0 spiro atoms. The maximum Gasteiger partial charge on any atom is 0.422 e. The van der Waals surface area contributed by atoms with E-state index in [4.69, 9.17) is 0 Å². The quantitative estimate of drug-likeness (QED) is 0.623. The van der Waals surface area contributed by atoms with E-state index in [1.807, 2.05) is 12.1 Å². The highest BCUT2D eigenvalue weighted by Gasteiger charge is 2.36. The van der Waals surface area contributed by atoms with Gasteiger partial charge in [-0.2, -0.15) is 13.2 Å². The Bertz CT molecular complexity index is 1240. The molecular weight excluding hydrogens is 433 g/mol. The standard InChI is InChI=1S/C21H17F3N2O4S/c22-21(23,24)13-30-16-9-7-14(8-10-16)11-25-19(27)12-26-17-5-1-3-15-4-2-6-18(20(15)17)31(26,28)29/h1-10H,11-13H2,(H,25,27). The molecule has 1 aliphatic rings. The smallest absolute Gasteiger partial charge is 0.422 e. The van der Waals surface area contributed by atoms with E-state index in [1.165, 1.54) is 30.3 Å². The molecule has 1 heterocycles. The number of hydrogen-bond acceptors (Lipinski definition) is 4. The maximum absolute atomic E-state index is 12.9. The van der Waals surface area contributed by atoms with Crippen molar-refractivity contribution >= 4 is 32.4 Å². The van der Waals surface area contributed by atoms with Gasteiger partial charge in [0.25, 0.3) is 10.0 Å². The highest BCUT2D eigenvalue weighted by atomic mass is 32.2. The summed E-state index contributed by atoms with van der Waals surface area (Å²) < 4.78 is 68.1. The number of alkyl halides is 3. The van der Waals surface area contributed by atoms with E-state index in [1.54, 1.807) is 18.2 Å². The minimum atomic E-state index is -4.42. The van der Waals surface area contributed by atoms with Crippen LogP contribution in [0, 0.1) is 0 Å². The van der Waals surface area contributed by atoms with Gasteiger partial charge in [-0.05, 0) is 35.2 Å². The minimum absolute atomic E-state index is 0.0569. The molecular formula is C21H17F3N2O4S. The van der Waals surface area contributed by atoms with Crippen LogP contribution in [0.3, 0.4) is 0 Å². The predicted octanol–water partition coefficient (Wildman–Crippen LogP) is 3.61. The van der Waals surface area contributed by atoms with E-state index in [-0.39, 0.29) is 23.7 Å². The van der Waals surface area contributed by atoms with Gasteiger partial charge < -0.3 is 10.1 Å². The summed E-state index contributed by atoms with van der Waals surface area (Å²) >= 11 is 0. The van der Waals surface area contributed by atoms with Crippen LogP contribution in [0.15, 0.2) is 65.6 Å². The van der Waals surface area contributed by atoms with Crippen LogP contribution in [0.4, 0.5) is 18.9 Å². The summed E-state index contributed by atoms with van der Waals surface area (Å²) in [6, 6.07) is 16.0. The Morgan fingerprint density at radius 2 is 1.68 bits per heavy atom. The normalized spacial score (nSPS) is 14.6. The summed E-state index contributed by atoms with van der Waals surface area (Å²) in [5.41, 5.74) is 1.08. The van der Waals surface area contributed by atoms with Crippen molar-refractivity contribution in [2.45, 2.75) is 17.6 Å². The van der Waals surface area contributed by atoms with E-state index in [0.29, 0.717) is 16.6 Å². The number of anilines is 1. The number of ether oxygens (including phenoxy) is 1. The van der Waals surface area contributed by atoms with Gasteiger partial charge in [0.1, 0.15) is 12.3 Å². The van der Waals surface area contributed by atoms with E-state index in [0.717, 1.165) is 9.69 Å². The number of nitrogens with zero attached hydrogens (tertiary/aromatic N) is 1. The number of carbonyl (C=O) groups excluding carboxylic acids is 1. The van der Waals surface area contributed by atoms with Gasteiger partial charge in [0.15, 0.2) is 6.61 Å². The summed E-state index contributed by atoms with van der Waals surface area (Å²) in [4.78, 5) is 12.6. The van der Waals surface area contributed by atoms with Crippen molar-refractivity contribution in [2.24, 2.45) is 0 Å². The van der Waals surface area contributed by atoms with Gasteiger partial charge in [-0.1, -0.05) is 36.4 Å². The molecule has 1 N–H and O–H groups in total. The predicted molar refractivity (Wildman–Crippen MR) is 108 cm³/mol. The number of carbonyl (C=O) groups is 1. The molecule has 0 saturated heterocycles. The highest BCUT2D eigenvalue weighted by molar-refractivity contribution is 7.93. The van der Waals surface area contributed by atoms with Crippen molar-refractivity contribution in [3.05, 3.63) is 66.2 Å². The van der Waals surface area contributed by atoms with Crippen LogP contribution in [0.5, 0.6) is 5.75 Å². The van der Waals surface area contributed by atoms with Gasteiger partial charge in [0.2, 0.25) is 5.91 Å². The van der Waals surface area contributed by atoms with Gasteiger partial charge in [-0.15, -0.1) is 0 Å². The average Bonchev–Trinajstić information content (AvgIpc) is 2.94. The molecule has 3 aromatic carbocycles. The SMILES string of the molecule is O=C(CN1c2cccc3cccc(c23)S1(=O)=O)NCc1ccc(OCC(F)(F)F)cc1. The average molecular weight is 450 g/mol. The van der Waals surface area contributed by atoms with Crippen LogP contribution in [0.2, 0.25) is 0 Å². The van der Waals surface area contributed by atoms with Gasteiger partial charge in [-0.3, -0.25) is 9.10 Å². The number of nitrogens with one attached hydrogen (secondary N) is 1. The first-order valence-corrected chi connectivity index (χ1v) is 10.7. The van der Waals surface area contributed by atoms with Crippen LogP contribution in [0.1, 0.15) is 5.56 Å². The van der Waals surface area contributed by atoms with Gasteiger partial charge in [-0.25, -0.2) is 8.42 Å². The minimum Gasteiger partial charge on any atom is -0.484 e. The second-order valence-corrected chi connectivity index (χ2v) is 8.80. The van der Waals surface area contributed by atoms with E-state index in [9.17, 15) is 26.4 Å². The summed E-state index contributed by atoms with van der Waals surface area (Å²) in [7, 11) is -3.84. The molecule has 0 fully saturated rings. The molecule has 0 bridgehead atoms. The van der Waals surface area contributed by atoms with Crippen LogP contribution in [-0.4, -0.2) is 33.7 Å². The summed E-state index contributed by atoms with van der Waals surface area (Å²) in [5, 5.41) is 3.99. The number of benzene rings is 3. The third-order valence-corrected chi connectivity index (χ3v) is 6.59. The van der Waals surface area contributed by atoms with Crippen molar-refractivity contribution < 1.29 is 31.1 Å². The second kappa shape index (κ2) is 7.77. The monoisotopic (exact) mass is 450 g/mol. The molecule has 0 radical (unpaired) electrons. The Morgan fingerprint density at radius 3 is 2.35 bits per heavy atom. The molecule has 0 atom stereocenters. The fraction of sp³-hybridized carbons (Fsp3) is 0.190. The van der Waals surface area contributed by atoms with E-state index in [2.05, 4.69) is 10.1 Å². The van der Waals surface area contributed by atoms with Gasteiger partial charge in [0, 0.05) is 11.9 Å². The van der Waals surface area contributed by atoms with Crippen LogP contribution >= 0.6 is 0 Å². The lowest BCUT2D eigenvalue weighted by Crippen LogP contribution is -2.38. The molecule has 4 rings (SSSR count). The first-order valence-electron chi connectivity index (χ1n) is 9.25. The zero-order chi connectivity index (χ0) is 22.2. The van der Waals surface area contributed by atoms with E-state index < -0.39 is 28.7 Å². The van der Waals surface area contributed by atoms with Crippen molar-refractivity contribution in [1.82, 2.24) is 5.32 Å². The number of halogens is 3. The second-order valence-electron chi connectivity index (χ2n) is 6.97. The Kier molecular flexibility index (Phi) is 5.26. The summed E-state index contributed by atoms with van der Waals surface area (Å²) in [6.45, 7) is -1.69. The summed E-state index contributed by atoms with van der Waals surface area (Å²) in [5.74, 6) is -0.452. The number of amides is 1. The topological polar surface area (TPSA) is 75.7 Å². The van der Waals surface area contributed by atoms with Crippen LogP contribution in [0.25, 0.3) is 10.8 Å². The first kappa shape index (κ1) is 21.0. The zero-order valence-electron chi connectivity index (χ0n) is 16.0. The van der Waals surface area contributed by atoms with Crippen LogP contribution in [-0.2, 0) is 21.4 Å². The Balaban J connectivity index is 1.40. The zero-order valence-corrected chi connectivity index (χ0v) is 16.8. The van der Waals surface area contributed by atoms with E-state index >= 15 is 0 Å². The third kappa shape index (κ3) is 4.29. The lowest BCUT2D eigenvalue weighted by atomic mass is 10.1. The molecule has 10 heteroatoms. The maximum atomic E-state index is 12.9. The first-order chi connectivity index (χ1) is 14.6. The molecule has 6 nitrogen and oxygen atoms in total. The summed E-state index contributed by atoms with van der Waals surface area (Å²) in [6.07, 6.45) is -4.42. The van der Waals surface area contributed by atoms with Gasteiger partial charge in [0.05, 0.1) is 10.6 Å². The molecule has 162 valence electrons. The number of rotatable bonds is 6. The fourth-order valence-corrected chi connectivity index (χ4v) is 5.05. The molecule has 31 heavy (non-hydrogen) atoms.